The molecule has 128 valence electrons. The Bertz CT molecular complexity index is 472. The third-order valence-electron chi connectivity index (χ3n) is 4.63. The van der Waals surface area contributed by atoms with Crippen LogP contribution in [0.3, 0.4) is 0 Å². The van der Waals surface area contributed by atoms with Crippen molar-refractivity contribution < 1.29 is 13.2 Å². The van der Waals surface area contributed by atoms with Crippen LogP contribution in [0.2, 0.25) is 0 Å². The second-order valence-electron chi connectivity index (χ2n) is 6.84. The first-order chi connectivity index (χ1) is 10.4. The van der Waals surface area contributed by atoms with Crippen molar-refractivity contribution in [2.24, 2.45) is 0 Å². The SMILES string of the molecule is CN(C)CCN(C(=O)NC1CCCCC1)C1CCS(=O)(=O)C1. The molecule has 2 amide bonds. The van der Waals surface area contributed by atoms with E-state index in [1.807, 2.05) is 19.0 Å². The summed E-state index contributed by atoms with van der Waals surface area (Å²) in [6, 6.07) is -0.00879. The van der Waals surface area contributed by atoms with E-state index in [0.29, 0.717) is 13.0 Å². The Labute approximate surface area is 134 Å². The third kappa shape index (κ3) is 5.12. The Kier molecular flexibility index (Phi) is 6.09. The first kappa shape index (κ1) is 17.5. The Morgan fingerprint density at radius 1 is 1.09 bits per heavy atom. The second-order valence-corrected chi connectivity index (χ2v) is 9.07. The fraction of sp³-hybridized carbons (Fsp3) is 0.933. The van der Waals surface area contributed by atoms with Crippen molar-refractivity contribution in [2.45, 2.75) is 50.6 Å². The molecule has 0 aromatic heterocycles. The van der Waals surface area contributed by atoms with Crippen LogP contribution in [-0.4, -0.2) is 75.0 Å². The average Bonchev–Trinajstić information content (AvgIpc) is 2.80. The maximum atomic E-state index is 12.6. The van der Waals surface area contributed by atoms with Crippen molar-refractivity contribution in [1.29, 1.82) is 0 Å². The summed E-state index contributed by atoms with van der Waals surface area (Å²) in [7, 11) is 0.941. The van der Waals surface area contributed by atoms with Crippen molar-refractivity contribution in [3.63, 3.8) is 0 Å². The van der Waals surface area contributed by atoms with Crippen LogP contribution in [0, 0.1) is 0 Å². The molecule has 1 N–H and O–H groups in total. The number of nitrogens with zero attached hydrogens (tertiary/aromatic N) is 2. The summed E-state index contributed by atoms with van der Waals surface area (Å²) in [5, 5.41) is 3.12. The lowest BCUT2D eigenvalue weighted by Crippen LogP contribution is -2.51. The van der Waals surface area contributed by atoms with Crippen LogP contribution in [0.15, 0.2) is 0 Å². The van der Waals surface area contributed by atoms with Gasteiger partial charge in [-0.15, -0.1) is 0 Å². The number of carbonyl (C=O) groups is 1. The molecule has 0 bridgehead atoms. The minimum atomic E-state index is -2.98. The first-order valence-corrected chi connectivity index (χ1v) is 10.1. The van der Waals surface area contributed by atoms with E-state index in [-0.39, 0.29) is 29.6 Å². The summed E-state index contributed by atoms with van der Waals surface area (Å²) in [6.45, 7) is 1.32. The molecule has 0 radical (unpaired) electrons. The van der Waals surface area contributed by atoms with Gasteiger partial charge in [-0.25, -0.2) is 13.2 Å². The molecule has 6 nitrogen and oxygen atoms in total. The molecule has 1 unspecified atom stereocenters. The van der Waals surface area contributed by atoms with Gasteiger partial charge in [-0.1, -0.05) is 19.3 Å². The maximum absolute atomic E-state index is 12.6. The number of hydrogen-bond acceptors (Lipinski definition) is 4. The molecule has 2 aliphatic rings. The van der Waals surface area contributed by atoms with E-state index in [1.54, 1.807) is 4.90 Å². The van der Waals surface area contributed by atoms with Gasteiger partial charge in [0.2, 0.25) is 0 Å². The molecular formula is C15H29N3O3S. The topological polar surface area (TPSA) is 69.7 Å². The molecular weight excluding hydrogens is 302 g/mol. The standard InChI is InChI=1S/C15H29N3O3S/c1-17(2)9-10-18(14-8-11-22(20,21)12-14)15(19)16-13-6-4-3-5-7-13/h13-14H,3-12H2,1-2H3,(H,16,19). The summed E-state index contributed by atoms with van der Waals surface area (Å²) in [4.78, 5) is 16.4. The van der Waals surface area contributed by atoms with Gasteiger partial charge < -0.3 is 15.1 Å². The Hall–Kier alpha value is -0.820. The maximum Gasteiger partial charge on any atom is 0.317 e. The van der Waals surface area contributed by atoms with Gasteiger partial charge in [0.1, 0.15) is 0 Å². The molecule has 1 aliphatic carbocycles. The van der Waals surface area contributed by atoms with Gasteiger partial charge in [0.15, 0.2) is 9.84 Å². The van der Waals surface area contributed by atoms with Gasteiger partial charge in [0.25, 0.3) is 0 Å². The molecule has 2 rings (SSSR count). The van der Waals surface area contributed by atoms with Crippen molar-refractivity contribution in [2.75, 3.05) is 38.7 Å². The van der Waals surface area contributed by atoms with E-state index in [9.17, 15) is 13.2 Å². The van der Waals surface area contributed by atoms with E-state index in [0.717, 1.165) is 19.4 Å². The lowest BCUT2D eigenvalue weighted by atomic mass is 9.96. The fourth-order valence-electron chi connectivity index (χ4n) is 3.28. The number of rotatable bonds is 5. The van der Waals surface area contributed by atoms with Gasteiger partial charge in [-0.3, -0.25) is 0 Å². The largest absolute Gasteiger partial charge is 0.335 e. The summed E-state index contributed by atoms with van der Waals surface area (Å²) >= 11 is 0. The number of urea groups is 1. The van der Waals surface area contributed by atoms with Crippen molar-refractivity contribution in [3.05, 3.63) is 0 Å². The minimum absolute atomic E-state index is 0.0872. The Morgan fingerprint density at radius 3 is 2.32 bits per heavy atom. The fourth-order valence-corrected chi connectivity index (χ4v) is 5.01. The zero-order chi connectivity index (χ0) is 16.2. The molecule has 0 spiro atoms. The van der Waals surface area contributed by atoms with Crippen LogP contribution in [0.4, 0.5) is 4.79 Å². The summed E-state index contributed by atoms with van der Waals surface area (Å²) < 4.78 is 23.5. The Morgan fingerprint density at radius 2 is 1.77 bits per heavy atom. The van der Waals surface area contributed by atoms with Crippen LogP contribution >= 0.6 is 0 Å². The number of nitrogens with one attached hydrogen (secondary N) is 1. The van der Waals surface area contributed by atoms with Crippen LogP contribution in [-0.2, 0) is 9.84 Å². The Balaban J connectivity index is 1.97. The van der Waals surface area contributed by atoms with Gasteiger partial charge in [0.05, 0.1) is 11.5 Å². The number of carbonyl (C=O) groups excluding carboxylic acids is 1. The van der Waals surface area contributed by atoms with E-state index in [4.69, 9.17) is 0 Å². The summed E-state index contributed by atoms with van der Waals surface area (Å²) in [6.07, 6.45) is 6.22. The normalized spacial score (nSPS) is 25.3. The highest BCUT2D eigenvalue weighted by Crippen LogP contribution is 2.20. The van der Waals surface area contributed by atoms with Crippen molar-refractivity contribution in [3.8, 4) is 0 Å². The van der Waals surface area contributed by atoms with Crippen molar-refractivity contribution >= 4 is 15.9 Å². The van der Waals surface area contributed by atoms with Gasteiger partial charge in [-0.05, 0) is 33.4 Å². The third-order valence-corrected chi connectivity index (χ3v) is 6.38. The first-order valence-electron chi connectivity index (χ1n) is 8.30. The monoisotopic (exact) mass is 331 g/mol. The van der Waals surface area contributed by atoms with E-state index in [1.165, 1.54) is 19.3 Å². The highest BCUT2D eigenvalue weighted by molar-refractivity contribution is 7.91. The average molecular weight is 331 g/mol. The molecule has 1 heterocycles. The molecule has 22 heavy (non-hydrogen) atoms. The number of amides is 2. The predicted octanol–water partition coefficient (Wildman–Crippen LogP) is 1.08. The number of likely N-dealkylation sites (N-methyl/N-ethyl adjacent to an activating group) is 1. The summed E-state index contributed by atoms with van der Waals surface area (Å²) in [5.74, 6) is 0.311. The highest BCUT2D eigenvalue weighted by atomic mass is 32.2. The molecule has 7 heteroatoms. The predicted molar refractivity (Wildman–Crippen MR) is 87.7 cm³/mol. The molecule has 1 atom stereocenters. The van der Waals surface area contributed by atoms with Crippen LogP contribution < -0.4 is 5.32 Å². The number of hydrogen-bond donors (Lipinski definition) is 1. The van der Waals surface area contributed by atoms with Gasteiger partial charge >= 0.3 is 6.03 Å². The molecule has 1 aliphatic heterocycles. The lowest BCUT2D eigenvalue weighted by molar-refractivity contribution is 0.166. The number of sulfone groups is 1. The quantitative estimate of drug-likeness (QED) is 0.818. The van der Waals surface area contributed by atoms with Crippen LogP contribution in [0.25, 0.3) is 0 Å². The molecule has 1 saturated carbocycles. The van der Waals surface area contributed by atoms with Crippen LogP contribution in [0.5, 0.6) is 0 Å². The van der Waals surface area contributed by atoms with Gasteiger partial charge in [0, 0.05) is 25.2 Å². The van der Waals surface area contributed by atoms with Crippen molar-refractivity contribution in [1.82, 2.24) is 15.1 Å². The summed E-state index contributed by atoms with van der Waals surface area (Å²) in [5.41, 5.74) is 0. The highest BCUT2D eigenvalue weighted by Gasteiger charge is 2.35. The molecule has 2 fully saturated rings. The molecule has 0 aromatic rings. The smallest absolute Gasteiger partial charge is 0.317 e. The van der Waals surface area contributed by atoms with Crippen LogP contribution in [0.1, 0.15) is 38.5 Å². The molecule has 0 aromatic carbocycles. The van der Waals surface area contributed by atoms with Gasteiger partial charge in [-0.2, -0.15) is 0 Å². The molecule has 1 saturated heterocycles. The zero-order valence-corrected chi connectivity index (χ0v) is 14.6. The minimum Gasteiger partial charge on any atom is -0.335 e. The lowest BCUT2D eigenvalue weighted by Gasteiger charge is -2.32. The van der Waals surface area contributed by atoms with E-state index < -0.39 is 9.84 Å². The van der Waals surface area contributed by atoms with E-state index in [2.05, 4.69) is 5.32 Å². The second kappa shape index (κ2) is 7.64. The van der Waals surface area contributed by atoms with E-state index >= 15 is 0 Å². The zero-order valence-electron chi connectivity index (χ0n) is 13.8.